The van der Waals surface area contributed by atoms with Gasteiger partial charge in [-0.25, -0.2) is 4.79 Å². The van der Waals surface area contributed by atoms with Crippen molar-refractivity contribution >= 4 is 17.8 Å². The maximum atomic E-state index is 12.5. The molecular formula is C34H49ClO3. The Morgan fingerprint density at radius 1 is 1.05 bits per heavy atom. The van der Waals surface area contributed by atoms with E-state index in [-0.39, 0.29) is 11.5 Å². The highest BCUT2D eigenvalue weighted by molar-refractivity contribution is 6.30. The molecular weight excluding hydrogens is 492 g/mol. The number of ether oxygens (including phenoxy) is 2. The number of hydrogen-bond donors (Lipinski definition) is 0. The molecule has 0 spiro atoms. The monoisotopic (exact) mass is 540 g/mol. The molecule has 3 saturated carbocycles. The van der Waals surface area contributed by atoms with Crippen LogP contribution >= 0.6 is 11.6 Å². The first-order valence-corrected chi connectivity index (χ1v) is 15.8. The fraction of sp³-hybridized carbons (Fsp3) is 0.735. The molecule has 3 nitrogen and oxygen atoms in total. The second-order valence-corrected chi connectivity index (χ2v) is 14.5. The zero-order valence-electron chi connectivity index (χ0n) is 24.3. The largest absolute Gasteiger partial charge is 0.514 e. The summed E-state index contributed by atoms with van der Waals surface area (Å²) in [6.07, 6.45) is 15.7. The van der Waals surface area contributed by atoms with Crippen LogP contribution in [0.25, 0.3) is 0 Å². The summed E-state index contributed by atoms with van der Waals surface area (Å²) in [6.45, 7) is 12.5. The topological polar surface area (TPSA) is 35.5 Å². The van der Waals surface area contributed by atoms with Crippen LogP contribution in [0, 0.1) is 46.3 Å². The Kier molecular flexibility index (Phi) is 8.26. The average Bonchev–Trinajstić information content (AvgIpc) is 3.21. The number of carbonyl (C=O) groups is 1. The van der Waals surface area contributed by atoms with E-state index in [0.29, 0.717) is 16.2 Å². The van der Waals surface area contributed by atoms with Crippen LogP contribution in [0.4, 0.5) is 4.79 Å². The maximum absolute atomic E-state index is 12.5. The summed E-state index contributed by atoms with van der Waals surface area (Å²) in [5, 5.41) is 0.545. The Hall–Kier alpha value is -1.48. The lowest BCUT2D eigenvalue weighted by atomic mass is 9.47. The number of allylic oxidation sites excluding steroid dienone is 1. The first kappa shape index (κ1) is 28.1. The minimum atomic E-state index is -0.622. The fourth-order valence-corrected chi connectivity index (χ4v) is 9.72. The predicted molar refractivity (Wildman–Crippen MR) is 155 cm³/mol. The molecule has 0 heterocycles. The van der Waals surface area contributed by atoms with E-state index in [1.54, 1.807) is 24.3 Å². The number of halogens is 1. The number of rotatable bonds is 7. The molecule has 0 saturated heterocycles. The summed E-state index contributed by atoms with van der Waals surface area (Å²) < 4.78 is 11.2. The quantitative estimate of drug-likeness (QED) is 0.196. The zero-order chi connectivity index (χ0) is 27.1. The SMILES string of the molecule is CC(C)CCC[C@@H](C)[C@@H]1CC[C@@H]2[C@H]3CC=C4C[C@@H](OC(=O)Oc5cccc(Cl)c5)CC[C@]4(C)[C@@H]3CC[C@@]21C. The number of carbonyl (C=O) groups excluding carboxylic acids is 1. The minimum Gasteiger partial charge on any atom is -0.430 e. The second kappa shape index (κ2) is 11.2. The summed E-state index contributed by atoms with van der Waals surface area (Å²) in [6, 6.07) is 6.90. The van der Waals surface area contributed by atoms with E-state index in [1.807, 2.05) is 0 Å². The van der Waals surface area contributed by atoms with Crippen LogP contribution in [0.2, 0.25) is 5.02 Å². The van der Waals surface area contributed by atoms with E-state index >= 15 is 0 Å². The van der Waals surface area contributed by atoms with E-state index in [2.05, 4.69) is 40.7 Å². The number of hydrogen-bond acceptors (Lipinski definition) is 3. The lowest BCUT2D eigenvalue weighted by molar-refractivity contribution is -0.0597. The molecule has 0 amide bonds. The van der Waals surface area contributed by atoms with Crippen molar-refractivity contribution in [1.82, 2.24) is 0 Å². The lowest BCUT2D eigenvalue weighted by Gasteiger charge is -2.58. The van der Waals surface area contributed by atoms with Gasteiger partial charge in [-0.1, -0.05) is 83.2 Å². The van der Waals surface area contributed by atoms with E-state index in [9.17, 15) is 4.79 Å². The van der Waals surface area contributed by atoms with Crippen LogP contribution in [0.3, 0.4) is 0 Å². The first-order chi connectivity index (χ1) is 18.1. The van der Waals surface area contributed by atoms with E-state index in [4.69, 9.17) is 21.1 Å². The van der Waals surface area contributed by atoms with E-state index in [1.165, 1.54) is 56.9 Å². The summed E-state index contributed by atoms with van der Waals surface area (Å²) in [5.41, 5.74) is 2.30. The zero-order valence-corrected chi connectivity index (χ0v) is 25.1. The lowest BCUT2D eigenvalue weighted by Crippen LogP contribution is -2.51. The van der Waals surface area contributed by atoms with Crippen LogP contribution in [-0.2, 0) is 4.74 Å². The normalized spacial score (nSPS) is 37.0. The highest BCUT2D eigenvalue weighted by Gasteiger charge is 2.59. The molecule has 4 aliphatic rings. The Labute approximate surface area is 236 Å². The summed E-state index contributed by atoms with van der Waals surface area (Å²) >= 11 is 6.02. The van der Waals surface area contributed by atoms with Gasteiger partial charge < -0.3 is 9.47 Å². The molecule has 38 heavy (non-hydrogen) atoms. The molecule has 3 fully saturated rings. The van der Waals surface area contributed by atoms with Crippen molar-refractivity contribution in [2.45, 2.75) is 111 Å². The molecule has 0 radical (unpaired) electrons. The van der Waals surface area contributed by atoms with Gasteiger partial charge in [-0.15, -0.1) is 0 Å². The van der Waals surface area contributed by atoms with Crippen LogP contribution < -0.4 is 4.74 Å². The Balaban J connectivity index is 1.22. The number of fused-ring (bicyclic) bond motifs is 5. The van der Waals surface area contributed by atoms with Crippen molar-refractivity contribution in [3.8, 4) is 5.75 Å². The molecule has 5 rings (SSSR count). The molecule has 8 atom stereocenters. The molecule has 0 bridgehead atoms. The van der Waals surface area contributed by atoms with Gasteiger partial charge in [-0.05, 0) is 109 Å². The second-order valence-electron chi connectivity index (χ2n) is 14.1. The molecule has 0 aromatic heterocycles. The smallest absolute Gasteiger partial charge is 0.430 e. The van der Waals surface area contributed by atoms with Crippen molar-refractivity contribution in [1.29, 1.82) is 0 Å². The van der Waals surface area contributed by atoms with Gasteiger partial charge in [0.15, 0.2) is 0 Å². The Bertz CT molecular complexity index is 1030. The molecule has 4 heteroatoms. The predicted octanol–water partition coefficient (Wildman–Crippen LogP) is 10.3. The molecule has 0 unspecified atom stereocenters. The van der Waals surface area contributed by atoms with Gasteiger partial charge in [0.2, 0.25) is 0 Å². The van der Waals surface area contributed by atoms with Crippen molar-refractivity contribution < 1.29 is 14.3 Å². The van der Waals surface area contributed by atoms with Gasteiger partial charge in [0.25, 0.3) is 0 Å². The summed E-state index contributed by atoms with van der Waals surface area (Å²) in [4.78, 5) is 12.5. The Morgan fingerprint density at radius 3 is 2.63 bits per heavy atom. The van der Waals surface area contributed by atoms with E-state index in [0.717, 1.165) is 54.8 Å². The summed E-state index contributed by atoms with van der Waals surface area (Å²) in [5.74, 6) is 5.46. The molecule has 210 valence electrons. The molecule has 1 aromatic carbocycles. The highest BCUT2D eigenvalue weighted by atomic mass is 35.5. The van der Waals surface area contributed by atoms with Gasteiger partial charge in [0.1, 0.15) is 11.9 Å². The molecule has 1 aromatic rings. The van der Waals surface area contributed by atoms with Crippen LogP contribution in [0.1, 0.15) is 105 Å². The van der Waals surface area contributed by atoms with Crippen molar-refractivity contribution in [3.05, 3.63) is 40.9 Å². The first-order valence-electron chi connectivity index (χ1n) is 15.4. The average molecular weight is 541 g/mol. The standard InChI is InChI=1S/C34H49ClO3/c1-22(2)8-6-9-23(3)29-14-15-30-28-13-12-24-20-27(38-32(36)37-26-11-7-10-25(35)21-26)16-18-33(24,4)31(28)17-19-34(29,30)5/h7,10-12,21-23,27-31H,6,8-9,13-20H2,1-5H3/t23-,27+,28-,29+,30-,31-,33+,34-/m1/s1. The molecule has 0 N–H and O–H groups in total. The highest BCUT2D eigenvalue weighted by Crippen LogP contribution is 2.67. The van der Waals surface area contributed by atoms with Gasteiger partial charge >= 0.3 is 6.16 Å². The third-order valence-corrected chi connectivity index (χ3v) is 11.8. The third kappa shape index (κ3) is 5.43. The molecule has 4 aliphatic carbocycles. The van der Waals surface area contributed by atoms with Gasteiger partial charge in [-0.3, -0.25) is 0 Å². The van der Waals surface area contributed by atoms with Crippen LogP contribution in [0.15, 0.2) is 35.9 Å². The van der Waals surface area contributed by atoms with Crippen molar-refractivity contribution in [2.24, 2.45) is 46.3 Å². The van der Waals surface area contributed by atoms with Crippen molar-refractivity contribution in [3.63, 3.8) is 0 Å². The van der Waals surface area contributed by atoms with E-state index < -0.39 is 6.16 Å². The third-order valence-electron chi connectivity index (χ3n) is 11.5. The maximum Gasteiger partial charge on any atom is 0.514 e. The van der Waals surface area contributed by atoms with Crippen LogP contribution in [-0.4, -0.2) is 12.3 Å². The summed E-state index contributed by atoms with van der Waals surface area (Å²) in [7, 11) is 0. The fourth-order valence-electron chi connectivity index (χ4n) is 9.54. The Morgan fingerprint density at radius 2 is 1.87 bits per heavy atom. The van der Waals surface area contributed by atoms with Gasteiger partial charge in [0, 0.05) is 11.4 Å². The molecule has 0 aliphatic heterocycles. The van der Waals surface area contributed by atoms with Crippen LogP contribution in [0.5, 0.6) is 5.75 Å². The van der Waals surface area contributed by atoms with Gasteiger partial charge in [-0.2, -0.15) is 0 Å². The van der Waals surface area contributed by atoms with Crippen molar-refractivity contribution in [2.75, 3.05) is 0 Å². The van der Waals surface area contributed by atoms with Gasteiger partial charge in [0.05, 0.1) is 0 Å². The number of benzene rings is 1. The minimum absolute atomic E-state index is 0.103.